The molecule has 0 spiro atoms. The molecule has 0 aliphatic heterocycles. The molecule has 2 aromatic heterocycles. The maximum absolute atomic E-state index is 5.04. The molecule has 9 aromatic rings. The number of hydrogen-bond donors (Lipinski definition) is 0. The van der Waals surface area contributed by atoms with Crippen LogP contribution in [0.2, 0.25) is 0 Å². The zero-order valence-electron chi connectivity index (χ0n) is 25.2. The van der Waals surface area contributed by atoms with Crippen LogP contribution >= 0.6 is 0 Å². The number of aromatic nitrogens is 4. The van der Waals surface area contributed by atoms with Gasteiger partial charge in [-0.1, -0.05) is 60.7 Å². The van der Waals surface area contributed by atoms with Crippen LogP contribution in [-0.4, -0.2) is 34.4 Å². The molecule has 5 heteroatoms. The van der Waals surface area contributed by atoms with Gasteiger partial charge >= 0.3 is 202 Å². The second-order valence-corrected chi connectivity index (χ2v) is 13.6. The molecule has 0 saturated heterocycles. The summed E-state index contributed by atoms with van der Waals surface area (Å²) in [5.41, 5.74) is 7.58. The Labute approximate surface area is 277 Å². The molecule has 0 fully saturated rings. The van der Waals surface area contributed by atoms with Gasteiger partial charge in [0.25, 0.3) is 0 Å². The Hall–Kier alpha value is -5.74. The van der Waals surface area contributed by atoms with Crippen LogP contribution in [0.25, 0.3) is 86.7 Å². The fourth-order valence-electron chi connectivity index (χ4n) is 6.19. The van der Waals surface area contributed by atoms with Crippen LogP contribution in [0.1, 0.15) is 0 Å². The van der Waals surface area contributed by atoms with Crippen molar-refractivity contribution in [1.82, 2.24) is 19.9 Å². The summed E-state index contributed by atoms with van der Waals surface area (Å²) in [4.78, 5) is 19.8. The summed E-state index contributed by atoms with van der Waals surface area (Å²) in [7, 11) is 0. The van der Waals surface area contributed by atoms with Crippen molar-refractivity contribution in [3.05, 3.63) is 158 Å². The average molecular weight is 666 g/mol. The van der Waals surface area contributed by atoms with Gasteiger partial charge in [-0.3, -0.25) is 0 Å². The molecule has 0 atom stereocenters. The van der Waals surface area contributed by atoms with Gasteiger partial charge in [-0.2, -0.15) is 0 Å². The zero-order valence-corrected chi connectivity index (χ0v) is 26.9. The summed E-state index contributed by atoms with van der Waals surface area (Å²) in [6.45, 7) is 0. The topological polar surface area (TPSA) is 51.6 Å². The van der Waals surface area contributed by atoms with E-state index in [1.54, 1.807) is 0 Å². The fourth-order valence-corrected chi connectivity index (χ4v) is 8.49. The van der Waals surface area contributed by atoms with Crippen molar-refractivity contribution in [3.63, 3.8) is 0 Å². The molecule has 4 nitrogen and oxygen atoms in total. The molecule has 7 aromatic carbocycles. The van der Waals surface area contributed by atoms with E-state index in [1.165, 1.54) is 41.7 Å². The molecule has 47 heavy (non-hydrogen) atoms. The number of nitrogens with zero attached hydrogens (tertiary/aromatic N) is 4. The first-order valence-electron chi connectivity index (χ1n) is 15.6. The molecule has 0 N–H and O–H groups in total. The van der Waals surface area contributed by atoms with Crippen molar-refractivity contribution in [2.45, 2.75) is 0 Å². The van der Waals surface area contributed by atoms with E-state index in [0.717, 1.165) is 27.6 Å². The molecule has 0 aliphatic rings. The molecule has 0 bridgehead atoms. The normalized spacial score (nSPS) is 11.4. The van der Waals surface area contributed by atoms with Crippen molar-refractivity contribution >= 4 is 45.8 Å². The van der Waals surface area contributed by atoms with Crippen molar-refractivity contribution in [2.75, 3.05) is 0 Å². The molecule has 0 aliphatic carbocycles. The standard InChI is InChI=1S/C42H26N4Se/c1-4-11-28(12-5-1)39-44-40(29-13-6-2-7-14-29)46-41(45-39)33-21-23-35-31(25-33)17-10-18-34(35)32-20-19-27-22-24-37-38(36(27)26-32)47-42(43-37)30-15-8-3-9-16-30/h1-26H. The average Bonchev–Trinajstić information content (AvgIpc) is 3.60. The fraction of sp³-hybridized carbons (Fsp3) is 0. The first-order chi connectivity index (χ1) is 23.3. The Morgan fingerprint density at radius 2 is 0.957 bits per heavy atom. The second-order valence-electron chi connectivity index (χ2n) is 11.5. The van der Waals surface area contributed by atoms with Crippen LogP contribution < -0.4 is 0 Å². The van der Waals surface area contributed by atoms with Gasteiger partial charge in [0.2, 0.25) is 0 Å². The van der Waals surface area contributed by atoms with Crippen molar-refractivity contribution in [3.8, 4) is 55.4 Å². The Morgan fingerprint density at radius 3 is 1.64 bits per heavy atom. The predicted molar refractivity (Wildman–Crippen MR) is 194 cm³/mol. The predicted octanol–water partition coefficient (Wildman–Crippen LogP) is 10.1. The zero-order chi connectivity index (χ0) is 31.2. The Kier molecular flexibility index (Phi) is 6.78. The van der Waals surface area contributed by atoms with Gasteiger partial charge in [-0.05, 0) is 0 Å². The van der Waals surface area contributed by atoms with Gasteiger partial charge in [-0.25, -0.2) is 4.98 Å². The number of hydrogen-bond acceptors (Lipinski definition) is 4. The summed E-state index contributed by atoms with van der Waals surface area (Å²) in [6, 6.07) is 55.0. The summed E-state index contributed by atoms with van der Waals surface area (Å²) in [5.74, 6) is 1.98. The van der Waals surface area contributed by atoms with Crippen molar-refractivity contribution < 1.29 is 0 Å². The summed E-state index contributed by atoms with van der Waals surface area (Å²) >= 11 is 0.143. The van der Waals surface area contributed by atoms with Gasteiger partial charge in [-0.15, -0.1) is 0 Å². The molecular formula is C42H26N4Se. The minimum atomic E-state index is 0.143. The van der Waals surface area contributed by atoms with Crippen molar-refractivity contribution in [2.24, 2.45) is 0 Å². The largest absolute Gasteiger partial charge is 0.0615 e. The SMILES string of the molecule is c1ccc(-c2nc(-c3ccccc3)nc(-c3ccc4c(-c5ccc6ccc7nc(-c8ccccc8)[se]c7c6c5)cccc4c3)n2)cc1. The van der Waals surface area contributed by atoms with Crippen LogP contribution in [0.4, 0.5) is 0 Å². The molecule has 0 unspecified atom stereocenters. The van der Waals surface area contributed by atoms with E-state index in [-0.39, 0.29) is 14.5 Å². The van der Waals surface area contributed by atoms with Gasteiger partial charge in [0, 0.05) is 11.1 Å². The van der Waals surface area contributed by atoms with Crippen LogP contribution in [0, 0.1) is 0 Å². The van der Waals surface area contributed by atoms with Crippen LogP contribution in [0.15, 0.2) is 158 Å². The molecule has 0 amide bonds. The summed E-state index contributed by atoms with van der Waals surface area (Å²) in [5, 5.41) is 4.87. The van der Waals surface area contributed by atoms with E-state index < -0.39 is 0 Å². The first kappa shape index (κ1) is 27.6. The number of benzene rings is 7. The molecular weight excluding hydrogens is 639 g/mol. The van der Waals surface area contributed by atoms with E-state index in [4.69, 9.17) is 19.9 Å². The van der Waals surface area contributed by atoms with Gasteiger partial charge < -0.3 is 0 Å². The second kappa shape index (κ2) is 11.6. The number of fused-ring (bicyclic) bond motifs is 4. The van der Waals surface area contributed by atoms with E-state index in [2.05, 4.69) is 97.1 Å². The molecule has 220 valence electrons. The first-order valence-corrected chi connectivity index (χ1v) is 17.3. The minimum Gasteiger partial charge on any atom is -0.0615 e. The van der Waals surface area contributed by atoms with Crippen LogP contribution in [0.3, 0.4) is 0 Å². The minimum absolute atomic E-state index is 0.143. The van der Waals surface area contributed by atoms with Gasteiger partial charge in [0.15, 0.2) is 0 Å². The van der Waals surface area contributed by atoms with Crippen molar-refractivity contribution in [1.29, 1.82) is 0 Å². The Bertz CT molecular complexity index is 2500. The summed E-state index contributed by atoms with van der Waals surface area (Å²) in [6.07, 6.45) is 0. The summed E-state index contributed by atoms with van der Waals surface area (Å²) < 4.78 is 2.55. The van der Waals surface area contributed by atoms with Crippen LogP contribution in [-0.2, 0) is 0 Å². The van der Waals surface area contributed by atoms with E-state index >= 15 is 0 Å². The molecule has 0 radical (unpaired) electrons. The quantitative estimate of drug-likeness (QED) is 0.172. The third kappa shape index (κ3) is 5.12. The maximum Gasteiger partial charge on any atom is -0.0512 e. The van der Waals surface area contributed by atoms with E-state index in [0.29, 0.717) is 17.5 Å². The van der Waals surface area contributed by atoms with Gasteiger partial charge in [0.1, 0.15) is 0 Å². The van der Waals surface area contributed by atoms with E-state index in [1.807, 2.05) is 60.7 Å². The number of rotatable bonds is 5. The Balaban J connectivity index is 1.15. The van der Waals surface area contributed by atoms with Gasteiger partial charge in [0.05, 0.1) is 0 Å². The third-order valence-corrected chi connectivity index (χ3v) is 11.0. The molecule has 0 saturated carbocycles. The maximum atomic E-state index is 5.04. The van der Waals surface area contributed by atoms with Crippen LogP contribution in [0.5, 0.6) is 0 Å². The Morgan fingerprint density at radius 1 is 0.362 bits per heavy atom. The van der Waals surface area contributed by atoms with E-state index in [9.17, 15) is 0 Å². The molecule has 2 heterocycles. The smallest absolute Gasteiger partial charge is 0.0512 e. The third-order valence-electron chi connectivity index (χ3n) is 8.54. The monoisotopic (exact) mass is 666 g/mol. The molecule has 9 rings (SSSR count).